The molecule has 5 heterocycles. The van der Waals surface area contributed by atoms with Gasteiger partial charge in [0.25, 0.3) is 5.91 Å². The number of hydrogen-bond donors (Lipinski definition) is 1. The first-order valence-corrected chi connectivity index (χ1v) is 12.4. The minimum Gasteiger partial charge on any atom is -0.399 e. The summed E-state index contributed by atoms with van der Waals surface area (Å²) >= 11 is 3.00. The number of hydrogen-bond acceptors (Lipinski definition) is 9. The van der Waals surface area contributed by atoms with Crippen molar-refractivity contribution >= 4 is 45.2 Å². The van der Waals surface area contributed by atoms with E-state index in [1.807, 2.05) is 19.2 Å². The van der Waals surface area contributed by atoms with Crippen molar-refractivity contribution in [2.45, 2.75) is 51.6 Å². The third-order valence-corrected chi connectivity index (χ3v) is 7.82. The van der Waals surface area contributed by atoms with Crippen LogP contribution in [0, 0.1) is 19.8 Å². The molecular formula is C22H23FN6O2S2. The molecule has 0 radical (unpaired) electrons. The molecule has 172 valence electrons. The fraction of sp³-hybridized carbons (Fsp3) is 0.409. The van der Waals surface area contributed by atoms with Gasteiger partial charge in [-0.25, -0.2) is 15.0 Å². The van der Waals surface area contributed by atoms with Crippen LogP contribution in [-0.4, -0.2) is 50.7 Å². The summed E-state index contributed by atoms with van der Waals surface area (Å²) in [5, 5.41) is 10.6. The summed E-state index contributed by atoms with van der Waals surface area (Å²) in [5.74, 6) is -0.798. The van der Waals surface area contributed by atoms with Crippen LogP contribution < -0.4 is 5.32 Å². The van der Waals surface area contributed by atoms with Crippen LogP contribution in [0.1, 0.15) is 46.7 Å². The van der Waals surface area contributed by atoms with E-state index in [4.69, 9.17) is 4.84 Å². The smallest absolute Gasteiger partial charge is 0.259 e. The second-order valence-corrected chi connectivity index (χ2v) is 10.3. The van der Waals surface area contributed by atoms with E-state index in [1.165, 1.54) is 24.5 Å². The number of piperidine rings is 1. The first kappa shape index (κ1) is 21.9. The topological polar surface area (TPSA) is 92.6 Å². The number of oxime groups is 1. The fourth-order valence-corrected chi connectivity index (χ4v) is 6.30. The molecule has 3 aromatic rings. The van der Waals surface area contributed by atoms with Gasteiger partial charge in [0, 0.05) is 30.3 Å². The Labute approximate surface area is 198 Å². The number of aryl methyl sites for hydroxylation is 2. The Morgan fingerprint density at radius 1 is 1.21 bits per heavy atom. The lowest BCUT2D eigenvalue weighted by molar-refractivity contribution is 0.0648. The number of rotatable bonds is 5. The lowest BCUT2D eigenvalue weighted by Crippen LogP contribution is -2.47. The summed E-state index contributed by atoms with van der Waals surface area (Å²) in [6, 6.07) is 3.16. The van der Waals surface area contributed by atoms with Crippen molar-refractivity contribution in [3.8, 4) is 10.6 Å². The van der Waals surface area contributed by atoms with Gasteiger partial charge in [0.2, 0.25) is 5.95 Å². The summed E-state index contributed by atoms with van der Waals surface area (Å²) in [6.07, 6.45) is 3.10. The van der Waals surface area contributed by atoms with Crippen LogP contribution >= 0.6 is 22.7 Å². The van der Waals surface area contributed by atoms with E-state index in [-0.39, 0.29) is 23.6 Å². The number of pyridine rings is 1. The summed E-state index contributed by atoms with van der Waals surface area (Å²) in [4.78, 5) is 33.9. The molecule has 2 atom stereocenters. The van der Waals surface area contributed by atoms with Crippen LogP contribution in [0.3, 0.4) is 0 Å². The van der Waals surface area contributed by atoms with Crippen molar-refractivity contribution in [1.82, 2.24) is 19.9 Å². The predicted octanol–water partition coefficient (Wildman–Crippen LogP) is 4.93. The molecule has 5 rings (SSSR count). The van der Waals surface area contributed by atoms with Gasteiger partial charge < -0.3 is 15.1 Å². The molecule has 2 aliphatic heterocycles. The molecule has 2 aliphatic rings. The summed E-state index contributed by atoms with van der Waals surface area (Å²) in [5.41, 5.74) is 2.71. The largest absolute Gasteiger partial charge is 0.399 e. The van der Waals surface area contributed by atoms with Crippen molar-refractivity contribution < 1.29 is 14.0 Å². The van der Waals surface area contributed by atoms with Crippen LogP contribution in [0.4, 0.5) is 15.3 Å². The van der Waals surface area contributed by atoms with Crippen LogP contribution in [-0.2, 0) is 4.84 Å². The van der Waals surface area contributed by atoms with E-state index in [0.717, 1.165) is 39.8 Å². The van der Waals surface area contributed by atoms with Gasteiger partial charge in [-0.2, -0.15) is 4.39 Å². The quantitative estimate of drug-likeness (QED) is 0.406. The number of nitrogens with one attached hydrogen (secondary N) is 1. The highest BCUT2D eigenvalue weighted by Crippen LogP contribution is 2.36. The van der Waals surface area contributed by atoms with Crippen LogP contribution in [0.25, 0.3) is 10.6 Å². The van der Waals surface area contributed by atoms with Gasteiger partial charge in [-0.1, -0.05) is 5.16 Å². The van der Waals surface area contributed by atoms with Crippen molar-refractivity contribution in [1.29, 1.82) is 0 Å². The molecule has 2 saturated heterocycles. The molecule has 11 heteroatoms. The average Bonchev–Trinajstić information content (AvgIpc) is 3.44. The molecule has 33 heavy (non-hydrogen) atoms. The molecule has 8 nitrogen and oxygen atoms in total. The van der Waals surface area contributed by atoms with Gasteiger partial charge in [-0.05, 0) is 38.8 Å². The molecule has 2 fully saturated rings. The number of anilines is 2. The highest BCUT2D eigenvalue weighted by molar-refractivity contribution is 7.16. The van der Waals surface area contributed by atoms with Gasteiger partial charge in [0.15, 0.2) is 5.13 Å². The fourth-order valence-electron chi connectivity index (χ4n) is 4.64. The first-order chi connectivity index (χ1) is 15.9. The first-order valence-electron chi connectivity index (χ1n) is 10.7. The number of carbonyl (C=O) groups excluding carboxylic acids is 1. The number of carbonyl (C=O) groups is 1. The molecule has 1 amide bonds. The Hall–Kier alpha value is -2.92. The lowest BCUT2D eigenvalue weighted by Gasteiger charge is -2.35. The van der Waals surface area contributed by atoms with Crippen molar-refractivity contribution in [2.75, 3.05) is 12.4 Å². The zero-order chi connectivity index (χ0) is 23.1. The minimum absolute atomic E-state index is 0.0137. The maximum absolute atomic E-state index is 14.9. The normalized spacial score (nSPS) is 21.0. The molecule has 2 bridgehead atoms. The number of nitrogens with zero attached hydrogens (tertiary/aromatic N) is 5. The summed E-state index contributed by atoms with van der Waals surface area (Å²) < 4.78 is 14.9. The Balaban J connectivity index is 1.31. The maximum atomic E-state index is 14.9. The minimum atomic E-state index is -0.786. The Bertz CT molecular complexity index is 1220. The third kappa shape index (κ3) is 4.22. The zero-order valence-electron chi connectivity index (χ0n) is 18.5. The highest BCUT2D eigenvalue weighted by atomic mass is 32.1. The Morgan fingerprint density at radius 2 is 1.97 bits per heavy atom. The number of thiazole rings is 2. The summed E-state index contributed by atoms with van der Waals surface area (Å²) in [7, 11) is 1.52. The highest BCUT2D eigenvalue weighted by Gasteiger charge is 2.43. The second kappa shape index (κ2) is 8.79. The predicted molar refractivity (Wildman–Crippen MR) is 127 cm³/mol. The van der Waals surface area contributed by atoms with E-state index in [1.54, 1.807) is 22.3 Å². The van der Waals surface area contributed by atoms with Gasteiger partial charge in [-0.15, -0.1) is 22.7 Å². The Morgan fingerprint density at radius 3 is 2.61 bits per heavy atom. The van der Waals surface area contributed by atoms with Crippen molar-refractivity contribution in [3.63, 3.8) is 0 Å². The van der Waals surface area contributed by atoms with Crippen LogP contribution in [0.15, 0.2) is 22.7 Å². The molecule has 1 N–H and O–H groups in total. The number of fused-ring (bicyclic) bond motifs is 2. The van der Waals surface area contributed by atoms with E-state index < -0.39 is 5.95 Å². The number of aromatic nitrogens is 3. The molecule has 0 aliphatic carbocycles. The molecule has 0 saturated carbocycles. The van der Waals surface area contributed by atoms with E-state index in [2.05, 4.69) is 25.4 Å². The standard InChI is InChI=1S/C22H23FN6O2S2/c1-11-19(33-12(2)24-11)17-10-32-22(25-17)27-18-7-6-16(20(23)26-18)21(30)29-14-4-5-15(29)9-13(8-14)28-31-3/h6-7,10,14-15H,4-5,8-9H2,1-3H3,(H,25,26,27)/t14-,15+. The van der Waals surface area contributed by atoms with E-state index in [9.17, 15) is 9.18 Å². The van der Waals surface area contributed by atoms with Gasteiger partial charge in [0.1, 0.15) is 12.9 Å². The van der Waals surface area contributed by atoms with Gasteiger partial charge >= 0.3 is 0 Å². The van der Waals surface area contributed by atoms with Gasteiger partial charge in [-0.3, -0.25) is 4.79 Å². The molecule has 0 aromatic carbocycles. The van der Waals surface area contributed by atoms with Crippen molar-refractivity contribution in [3.05, 3.63) is 39.7 Å². The SMILES string of the molecule is CON=C1C[C@H]2CC[C@@H](C1)N2C(=O)c1ccc(Nc2nc(-c3sc(C)nc3C)cs2)nc1F. The number of amides is 1. The Kier molecular flexibility index (Phi) is 5.83. The zero-order valence-corrected chi connectivity index (χ0v) is 20.1. The monoisotopic (exact) mass is 486 g/mol. The van der Waals surface area contributed by atoms with E-state index in [0.29, 0.717) is 23.8 Å². The second-order valence-electron chi connectivity index (χ2n) is 8.19. The number of halogens is 1. The molecular weight excluding hydrogens is 463 g/mol. The van der Waals surface area contributed by atoms with Crippen molar-refractivity contribution in [2.24, 2.45) is 5.16 Å². The molecule has 3 aromatic heterocycles. The summed E-state index contributed by atoms with van der Waals surface area (Å²) in [6.45, 7) is 3.92. The average molecular weight is 487 g/mol. The molecule has 0 unspecified atom stereocenters. The molecule has 0 spiro atoms. The van der Waals surface area contributed by atoms with Crippen LogP contribution in [0.2, 0.25) is 0 Å². The maximum Gasteiger partial charge on any atom is 0.259 e. The lowest BCUT2D eigenvalue weighted by atomic mass is 9.99. The van der Waals surface area contributed by atoms with Crippen LogP contribution in [0.5, 0.6) is 0 Å². The van der Waals surface area contributed by atoms with Gasteiger partial charge in [0.05, 0.1) is 32.5 Å². The third-order valence-electron chi connectivity index (χ3n) is 5.97. The van der Waals surface area contributed by atoms with E-state index >= 15 is 0 Å².